The van der Waals surface area contributed by atoms with Crippen LogP contribution in [-0.4, -0.2) is 43.4 Å². The normalized spacial score (nSPS) is 12.6. The molecule has 2 aromatic rings. The average molecular weight is 251 g/mol. The summed E-state index contributed by atoms with van der Waals surface area (Å²) in [5, 5.41) is 26.6. The van der Waals surface area contributed by atoms with Crippen LogP contribution in [0.25, 0.3) is 5.69 Å². The molecule has 1 heterocycles. The van der Waals surface area contributed by atoms with Crippen molar-refractivity contribution in [3.63, 3.8) is 0 Å². The number of benzene rings is 1. The third-order valence-corrected chi connectivity index (χ3v) is 3.25. The molecule has 0 aliphatic rings. The van der Waals surface area contributed by atoms with Crippen molar-refractivity contribution in [2.45, 2.75) is 11.3 Å². The molecule has 0 saturated heterocycles. The number of aliphatic hydroxyl groups is 2. The molecule has 90 valence electrons. The van der Waals surface area contributed by atoms with Gasteiger partial charge in [0.05, 0.1) is 12.7 Å². The van der Waals surface area contributed by atoms with Gasteiger partial charge in [-0.05, 0) is 12.1 Å². The molecule has 0 saturated carbocycles. The van der Waals surface area contributed by atoms with E-state index in [0.29, 0.717) is 10.9 Å². The Kier molecular flexibility index (Phi) is 4.13. The minimum Gasteiger partial charge on any atom is -0.394 e. The first-order valence-corrected chi connectivity index (χ1v) is 6.17. The van der Waals surface area contributed by atoms with E-state index in [2.05, 4.69) is 10.2 Å². The monoisotopic (exact) mass is 251 g/mol. The Labute approximate surface area is 103 Å². The summed E-state index contributed by atoms with van der Waals surface area (Å²) < 4.78 is 1.84. The topological polar surface area (TPSA) is 71.2 Å². The van der Waals surface area contributed by atoms with Crippen LogP contribution in [0, 0.1) is 0 Å². The van der Waals surface area contributed by atoms with Gasteiger partial charge in [-0.3, -0.25) is 4.57 Å². The van der Waals surface area contributed by atoms with Gasteiger partial charge in [0.15, 0.2) is 5.16 Å². The number of hydrogen-bond donors (Lipinski definition) is 2. The quantitative estimate of drug-likeness (QED) is 0.766. The van der Waals surface area contributed by atoms with Crippen molar-refractivity contribution in [1.82, 2.24) is 14.8 Å². The van der Waals surface area contributed by atoms with Gasteiger partial charge < -0.3 is 10.2 Å². The highest BCUT2D eigenvalue weighted by Gasteiger charge is 2.09. The number of aromatic nitrogens is 3. The SMILES string of the molecule is OCC(O)CSc1nncn1-c1ccccc1. The number of hydrogen-bond acceptors (Lipinski definition) is 5. The van der Waals surface area contributed by atoms with Crippen LogP contribution in [0.1, 0.15) is 0 Å². The molecule has 1 unspecified atom stereocenters. The molecule has 0 spiro atoms. The first kappa shape index (κ1) is 12.1. The summed E-state index contributed by atoms with van der Waals surface area (Å²) in [6, 6.07) is 9.72. The third kappa shape index (κ3) is 3.06. The number of nitrogens with zero attached hydrogens (tertiary/aromatic N) is 3. The van der Waals surface area contributed by atoms with Crippen molar-refractivity contribution in [1.29, 1.82) is 0 Å². The molecule has 0 fully saturated rings. The maximum Gasteiger partial charge on any atom is 0.195 e. The maximum atomic E-state index is 9.29. The van der Waals surface area contributed by atoms with Crippen molar-refractivity contribution in [2.75, 3.05) is 12.4 Å². The zero-order valence-corrected chi connectivity index (χ0v) is 9.92. The smallest absolute Gasteiger partial charge is 0.195 e. The van der Waals surface area contributed by atoms with Gasteiger partial charge in [0.2, 0.25) is 0 Å². The lowest BCUT2D eigenvalue weighted by Crippen LogP contribution is -2.15. The van der Waals surface area contributed by atoms with Crippen LogP contribution in [0.3, 0.4) is 0 Å². The molecule has 1 atom stereocenters. The Hall–Kier alpha value is -1.37. The lowest BCUT2D eigenvalue weighted by Gasteiger charge is -2.07. The largest absolute Gasteiger partial charge is 0.394 e. The minimum absolute atomic E-state index is 0.244. The highest BCUT2D eigenvalue weighted by Crippen LogP contribution is 2.19. The molecule has 1 aromatic carbocycles. The van der Waals surface area contributed by atoms with Crippen molar-refractivity contribution in [3.8, 4) is 5.69 Å². The highest BCUT2D eigenvalue weighted by atomic mass is 32.2. The molecule has 17 heavy (non-hydrogen) atoms. The molecule has 2 N–H and O–H groups in total. The lowest BCUT2D eigenvalue weighted by molar-refractivity contribution is 0.113. The summed E-state index contributed by atoms with van der Waals surface area (Å²) in [4.78, 5) is 0. The zero-order valence-electron chi connectivity index (χ0n) is 9.10. The molecular weight excluding hydrogens is 238 g/mol. The summed E-state index contributed by atoms with van der Waals surface area (Å²) in [6.45, 7) is -0.244. The zero-order chi connectivity index (χ0) is 12.1. The van der Waals surface area contributed by atoms with Gasteiger partial charge in [0.25, 0.3) is 0 Å². The van der Waals surface area contributed by atoms with Gasteiger partial charge in [0.1, 0.15) is 6.33 Å². The average Bonchev–Trinajstić information content (AvgIpc) is 2.85. The number of para-hydroxylation sites is 1. The first-order chi connectivity index (χ1) is 8.31. The number of aliphatic hydroxyl groups excluding tert-OH is 2. The van der Waals surface area contributed by atoms with E-state index in [1.54, 1.807) is 6.33 Å². The molecule has 6 heteroatoms. The van der Waals surface area contributed by atoms with E-state index in [1.165, 1.54) is 11.8 Å². The second-order valence-corrected chi connectivity index (χ2v) is 4.45. The molecule has 2 rings (SSSR count). The number of thioether (sulfide) groups is 1. The van der Waals surface area contributed by atoms with E-state index in [4.69, 9.17) is 5.11 Å². The maximum absolute atomic E-state index is 9.29. The molecule has 5 nitrogen and oxygen atoms in total. The van der Waals surface area contributed by atoms with E-state index in [-0.39, 0.29) is 6.61 Å². The summed E-state index contributed by atoms with van der Waals surface area (Å²) in [6.07, 6.45) is 0.893. The molecule has 0 aliphatic carbocycles. The van der Waals surface area contributed by atoms with Crippen molar-refractivity contribution < 1.29 is 10.2 Å². The lowest BCUT2D eigenvalue weighted by atomic mass is 10.3. The first-order valence-electron chi connectivity index (χ1n) is 5.18. The van der Waals surface area contributed by atoms with Gasteiger partial charge in [0, 0.05) is 11.4 Å². The molecule has 0 aliphatic heterocycles. The molecule has 0 bridgehead atoms. The Balaban J connectivity index is 2.12. The van der Waals surface area contributed by atoms with Crippen LogP contribution >= 0.6 is 11.8 Å². The van der Waals surface area contributed by atoms with Crippen molar-refractivity contribution in [3.05, 3.63) is 36.7 Å². The van der Waals surface area contributed by atoms with E-state index < -0.39 is 6.10 Å². The predicted octanol–water partition coefficient (Wildman–Crippen LogP) is 0.713. The fourth-order valence-electron chi connectivity index (χ4n) is 1.31. The van der Waals surface area contributed by atoms with Crippen LogP contribution < -0.4 is 0 Å². The Bertz CT molecular complexity index is 461. The molecule has 0 amide bonds. The molecule has 0 radical (unpaired) electrons. The Morgan fingerprint density at radius 1 is 1.29 bits per heavy atom. The van der Waals surface area contributed by atoms with Gasteiger partial charge in [-0.2, -0.15) is 0 Å². The summed E-state index contributed by atoms with van der Waals surface area (Å²) in [5.74, 6) is 0.391. The second kappa shape index (κ2) is 5.81. The summed E-state index contributed by atoms with van der Waals surface area (Å²) in [7, 11) is 0. The van der Waals surface area contributed by atoms with Crippen molar-refractivity contribution in [2.24, 2.45) is 0 Å². The Morgan fingerprint density at radius 2 is 2.06 bits per heavy atom. The summed E-state index contributed by atoms with van der Waals surface area (Å²) in [5.41, 5.74) is 0.971. The highest BCUT2D eigenvalue weighted by molar-refractivity contribution is 7.99. The Morgan fingerprint density at radius 3 is 2.76 bits per heavy atom. The van der Waals surface area contributed by atoms with E-state index >= 15 is 0 Å². The fraction of sp³-hybridized carbons (Fsp3) is 0.273. The van der Waals surface area contributed by atoms with Crippen molar-refractivity contribution >= 4 is 11.8 Å². The van der Waals surface area contributed by atoms with Crippen LogP contribution in [-0.2, 0) is 0 Å². The van der Waals surface area contributed by atoms with Crippen LogP contribution in [0.5, 0.6) is 0 Å². The standard InChI is InChI=1S/C11H13N3O2S/c15-6-10(16)7-17-11-13-12-8-14(11)9-4-2-1-3-5-9/h1-5,8,10,15-16H,6-7H2. The molecular formula is C11H13N3O2S. The van der Waals surface area contributed by atoms with E-state index in [0.717, 1.165) is 5.69 Å². The predicted molar refractivity (Wildman–Crippen MR) is 65.2 cm³/mol. The van der Waals surface area contributed by atoms with E-state index in [1.807, 2.05) is 34.9 Å². The third-order valence-electron chi connectivity index (χ3n) is 2.17. The summed E-state index contributed by atoms with van der Waals surface area (Å²) >= 11 is 1.36. The second-order valence-electron chi connectivity index (χ2n) is 3.47. The minimum atomic E-state index is -0.735. The van der Waals surface area contributed by atoms with E-state index in [9.17, 15) is 5.11 Å². The van der Waals surface area contributed by atoms with Gasteiger partial charge in [-0.1, -0.05) is 30.0 Å². The van der Waals surface area contributed by atoms with Crippen LogP contribution in [0.4, 0.5) is 0 Å². The van der Waals surface area contributed by atoms with Gasteiger partial charge in [-0.25, -0.2) is 0 Å². The van der Waals surface area contributed by atoms with Gasteiger partial charge >= 0.3 is 0 Å². The van der Waals surface area contributed by atoms with Crippen LogP contribution in [0.2, 0.25) is 0 Å². The van der Waals surface area contributed by atoms with Crippen LogP contribution in [0.15, 0.2) is 41.8 Å². The fourth-order valence-corrected chi connectivity index (χ4v) is 2.16. The van der Waals surface area contributed by atoms with Gasteiger partial charge in [-0.15, -0.1) is 10.2 Å². The molecule has 1 aromatic heterocycles. The number of rotatable bonds is 5.